The number of nitrogens with zero attached hydrogens (tertiary/aromatic N) is 1. The normalized spacial score (nSPS) is 10.4. The summed E-state index contributed by atoms with van der Waals surface area (Å²) in [5, 5.41) is 0. The number of aryl methyl sites for hydroxylation is 1. The molecule has 2 N–H and O–H groups in total. The van der Waals surface area contributed by atoms with Gasteiger partial charge in [0.2, 0.25) is 11.8 Å². The molecule has 2 amide bonds. The van der Waals surface area contributed by atoms with Gasteiger partial charge in [-0.15, -0.1) is 0 Å². The fourth-order valence-corrected chi connectivity index (χ4v) is 2.06. The van der Waals surface area contributed by atoms with Crippen molar-refractivity contribution in [3.63, 3.8) is 0 Å². The lowest BCUT2D eigenvalue weighted by molar-refractivity contribution is -0.119. The molecule has 0 spiro atoms. The van der Waals surface area contributed by atoms with Crippen LogP contribution < -0.4 is 10.6 Å². The summed E-state index contributed by atoms with van der Waals surface area (Å²) in [7, 11) is 0. The van der Waals surface area contributed by atoms with Gasteiger partial charge in [0.05, 0.1) is 6.26 Å². The van der Waals surface area contributed by atoms with Crippen molar-refractivity contribution in [2.24, 2.45) is 5.73 Å². The molecular formula is C16H17FN2O3. The second-order valence-electron chi connectivity index (χ2n) is 4.82. The minimum atomic E-state index is -0.494. The Hall–Kier alpha value is -2.63. The van der Waals surface area contributed by atoms with Gasteiger partial charge in [0.15, 0.2) is 0 Å². The third kappa shape index (κ3) is 4.44. The Morgan fingerprint density at radius 3 is 2.45 bits per heavy atom. The van der Waals surface area contributed by atoms with Crippen molar-refractivity contribution in [1.82, 2.24) is 0 Å². The third-order valence-electron chi connectivity index (χ3n) is 3.19. The number of hydrogen-bond acceptors (Lipinski definition) is 3. The quantitative estimate of drug-likeness (QED) is 0.852. The van der Waals surface area contributed by atoms with Crippen LogP contribution >= 0.6 is 0 Å². The van der Waals surface area contributed by atoms with Gasteiger partial charge in [-0.25, -0.2) is 4.39 Å². The molecule has 1 aromatic carbocycles. The maximum Gasteiger partial charge on any atom is 0.227 e. The molecule has 0 radical (unpaired) electrons. The molecule has 1 heterocycles. The number of halogens is 1. The van der Waals surface area contributed by atoms with E-state index in [4.69, 9.17) is 10.2 Å². The van der Waals surface area contributed by atoms with E-state index in [-0.39, 0.29) is 31.1 Å². The molecular weight excluding hydrogens is 287 g/mol. The molecule has 6 heteroatoms. The highest BCUT2D eigenvalue weighted by molar-refractivity contribution is 5.94. The standard InChI is InChI=1S/C16H17FN2O3/c17-12-3-5-13(6-4-12)19(10-9-15(18)20)16(21)8-7-14-2-1-11-22-14/h1-6,11H,7-10H2,(H2,18,20). The van der Waals surface area contributed by atoms with Crippen LogP contribution in [0.1, 0.15) is 18.6 Å². The highest BCUT2D eigenvalue weighted by atomic mass is 19.1. The first-order chi connectivity index (χ1) is 10.6. The third-order valence-corrected chi connectivity index (χ3v) is 3.19. The molecule has 2 aromatic rings. The van der Waals surface area contributed by atoms with Crippen LogP contribution in [0.2, 0.25) is 0 Å². The number of amides is 2. The number of primary amides is 1. The number of nitrogens with two attached hydrogens (primary N) is 1. The summed E-state index contributed by atoms with van der Waals surface area (Å²) in [4.78, 5) is 24.8. The van der Waals surface area contributed by atoms with Crippen molar-refractivity contribution in [3.8, 4) is 0 Å². The minimum Gasteiger partial charge on any atom is -0.469 e. The Bertz CT molecular complexity index is 623. The van der Waals surface area contributed by atoms with Crippen molar-refractivity contribution in [2.75, 3.05) is 11.4 Å². The second-order valence-corrected chi connectivity index (χ2v) is 4.82. The summed E-state index contributed by atoms with van der Waals surface area (Å²) >= 11 is 0. The molecule has 0 atom stereocenters. The molecule has 116 valence electrons. The Morgan fingerprint density at radius 1 is 1.14 bits per heavy atom. The van der Waals surface area contributed by atoms with Gasteiger partial charge in [0.1, 0.15) is 11.6 Å². The van der Waals surface area contributed by atoms with Gasteiger partial charge in [-0.05, 0) is 36.4 Å². The molecule has 0 fully saturated rings. The Kier molecular flexibility index (Phi) is 5.30. The van der Waals surface area contributed by atoms with E-state index in [1.807, 2.05) is 0 Å². The average molecular weight is 304 g/mol. The van der Waals surface area contributed by atoms with Gasteiger partial charge in [0.25, 0.3) is 0 Å². The van der Waals surface area contributed by atoms with Gasteiger partial charge in [0, 0.05) is 31.5 Å². The maximum absolute atomic E-state index is 13.0. The summed E-state index contributed by atoms with van der Waals surface area (Å²) < 4.78 is 18.2. The SMILES string of the molecule is NC(=O)CCN(C(=O)CCc1ccco1)c1ccc(F)cc1. The molecule has 0 aliphatic carbocycles. The predicted molar refractivity (Wildman–Crippen MR) is 79.6 cm³/mol. The van der Waals surface area contributed by atoms with Crippen LogP contribution in [0.25, 0.3) is 0 Å². The number of carbonyl (C=O) groups excluding carboxylic acids is 2. The summed E-state index contributed by atoms with van der Waals surface area (Å²) in [5.74, 6) is -0.348. The van der Waals surface area contributed by atoms with Crippen LogP contribution in [0, 0.1) is 5.82 Å². The lowest BCUT2D eigenvalue weighted by Crippen LogP contribution is -2.34. The molecule has 2 rings (SSSR count). The number of benzene rings is 1. The van der Waals surface area contributed by atoms with E-state index >= 15 is 0 Å². The van der Waals surface area contributed by atoms with Crippen LogP contribution in [-0.4, -0.2) is 18.4 Å². The number of anilines is 1. The van der Waals surface area contributed by atoms with E-state index in [1.165, 1.54) is 29.2 Å². The summed E-state index contributed by atoms with van der Waals surface area (Å²) in [6, 6.07) is 9.09. The fourth-order valence-electron chi connectivity index (χ4n) is 2.06. The van der Waals surface area contributed by atoms with E-state index < -0.39 is 5.91 Å². The zero-order valence-corrected chi connectivity index (χ0v) is 12.0. The lowest BCUT2D eigenvalue weighted by Gasteiger charge is -2.22. The lowest BCUT2D eigenvalue weighted by atomic mass is 10.2. The van der Waals surface area contributed by atoms with Crippen molar-refractivity contribution >= 4 is 17.5 Å². The van der Waals surface area contributed by atoms with Gasteiger partial charge >= 0.3 is 0 Å². The molecule has 0 saturated heterocycles. The van der Waals surface area contributed by atoms with Crippen molar-refractivity contribution in [3.05, 3.63) is 54.2 Å². The van der Waals surface area contributed by atoms with Gasteiger partial charge in [-0.1, -0.05) is 0 Å². The van der Waals surface area contributed by atoms with Crippen molar-refractivity contribution < 1.29 is 18.4 Å². The molecule has 0 aliphatic heterocycles. The van der Waals surface area contributed by atoms with E-state index in [0.29, 0.717) is 17.9 Å². The van der Waals surface area contributed by atoms with Crippen LogP contribution in [0.4, 0.5) is 10.1 Å². The van der Waals surface area contributed by atoms with Crippen LogP contribution in [0.15, 0.2) is 47.1 Å². The number of carbonyl (C=O) groups is 2. The Morgan fingerprint density at radius 2 is 1.86 bits per heavy atom. The minimum absolute atomic E-state index is 0.0455. The highest BCUT2D eigenvalue weighted by Gasteiger charge is 2.17. The molecule has 0 aliphatic rings. The zero-order chi connectivity index (χ0) is 15.9. The zero-order valence-electron chi connectivity index (χ0n) is 12.0. The molecule has 0 saturated carbocycles. The first-order valence-electron chi connectivity index (χ1n) is 6.93. The molecule has 1 aromatic heterocycles. The first-order valence-corrected chi connectivity index (χ1v) is 6.93. The summed E-state index contributed by atoms with van der Waals surface area (Å²) in [6.45, 7) is 0.165. The van der Waals surface area contributed by atoms with Crippen LogP contribution in [0.5, 0.6) is 0 Å². The largest absolute Gasteiger partial charge is 0.469 e. The van der Waals surface area contributed by atoms with Crippen molar-refractivity contribution in [1.29, 1.82) is 0 Å². The maximum atomic E-state index is 13.0. The monoisotopic (exact) mass is 304 g/mol. The molecule has 5 nitrogen and oxygen atoms in total. The number of hydrogen-bond donors (Lipinski definition) is 1. The van der Waals surface area contributed by atoms with Crippen molar-refractivity contribution in [2.45, 2.75) is 19.3 Å². The fraction of sp³-hybridized carbons (Fsp3) is 0.250. The Balaban J connectivity index is 2.06. The summed E-state index contributed by atoms with van der Waals surface area (Å²) in [6.07, 6.45) is 2.28. The Labute approximate surface area is 127 Å². The first kappa shape index (κ1) is 15.8. The topological polar surface area (TPSA) is 76.5 Å². The molecule has 0 unspecified atom stereocenters. The summed E-state index contributed by atoms with van der Waals surface area (Å²) in [5.41, 5.74) is 5.68. The van der Waals surface area contributed by atoms with Gasteiger partial charge < -0.3 is 15.1 Å². The van der Waals surface area contributed by atoms with Crippen LogP contribution in [0.3, 0.4) is 0 Å². The highest BCUT2D eigenvalue weighted by Crippen LogP contribution is 2.17. The predicted octanol–water partition coefficient (Wildman–Crippen LogP) is 2.26. The van der Waals surface area contributed by atoms with Crippen LogP contribution in [-0.2, 0) is 16.0 Å². The smallest absolute Gasteiger partial charge is 0.227 e. The van der Waals surface area contributed by atoms with E-state index in [1.54, 1.807) is 18.4 Å². The number of furan rings is 1. The van der Waals surface area contributed by atoms with E-state index in [2.05, 4.69) is 0 Å². The molecule has 0 bridgehead atoms. The number of rotatable bonds is 7. The van der Waals surface area contributed by atoms with Gasteiger partial charge in [-0.3, -0.25) is 9.59 Å². The van der Waals surface area contributed by atoms with E-state index in [0.717, 1.165) is 0 Å². The molecule has 22 heavy (non-hydrogen) atoms. The second kappa shape index (κ2) is 7.40. The average Bonchev–Trinajstić information content (AvgIpc) is 3.00. The van der Waals surface area contributed by atoms with E-state index in [9.17, 15) is 14.0 Å². The van der Waals surface area contributed by atoms with Gasteiger partial charge in [-0.2, -0.15) is 0 Å².